The lowest BCUT2D eigenvalue weighted by atomic mass is 10.1. The second-order valence-electron chi connectivity index (χ2n) is 10.4. The van der Waals surface area contributed by atoms with Gasteiger partial charge in [-0.05, 0) is 90.8 Å². The van der Waals surface area contributed by atoms with Gasteiger partial charge in [-0.1, -0.05) is 12.1 Å². The van der Waals surface area contributed by atoms with Crippen LogP contribution in [0.25, 0.3) is 22.8 Å². The molecular weight excluding hydrogens is 590 g/mol. The van der Waals surface area contributed by atoms with Crippen LogP contribution in [0.3, 0.4) is 0 Å². The average molecular weight is 628 g/mol. The summed E-state index contributed by atoms with van der Waals surface area (Å²) in [5, 5.41) is 21.2. The van der Waals surface area contributed by atoms with Crippen LogP contribution in [0.15, 0.2) is 89.3 Å². The van der Waals surface area contributed by atoms with Gasteiger partial charge < -0.3 is 43.1 Å². The lowest BCUT2D eigenvalue weighted by molar-refractivity contribution is 0.108. The smallest absolute Gasteiger partial charge is 0.226 e. The molecule has 1 aromatic heterocycles. The molecule has 1 heterocycles. The van der Waals surface area contributed by atoms with Crippen molar-refractivity contribution in [1.82, 2.24) is 4.98 Å². The fourth-order valence-electron chi connectivity index (χ4n) is 4.85. The van der Waals surface area contributed by atoms with Crippen LogP contribution in [0.5, 0.6) is 34.5 Å². The summed E-state index contributed by atoms with van der Waals surface area (Å²) in [6, 6.07) is 25.2. The van der Waals surface area contributed by atoms with E-state index in [0.29, 0.717) is 57.3 Å². The number of hydrogen-bond donors (Lipinski definition) is 2. The van der Waals surface area contributed by atoms with Gasteiger partial charge in [-0.3, -0.25) is 0 Å². The minimum absolute atomic E-state index is 0.0615. The summed E-state index contributed by atoms with van der Waals surface area (Å²) >= 11 is 0. The molecule has 4 aromatic carbocycles. The molecule has 10 nitrogen and oxygen atoms in total. The van der Waals surface area contributed by atoms with E-state index in [2.05, 4.69) is 4.98 Å². The first kappa shape index (κ1) is 32.2. The molecule has 46 heavy (non-hydrogen) atoms. The van der Waals surface area contributed by atoms with Crippen molar-refractivity contribution in [3.63, 3.8) is 0 Å². The second-order valence-corrected chi connectivity index (χ2v) is 10.4. The number of aliphatic hydroxyl groups excluding tert-OH is 2. The summed E-state index contributed by atoms with van der Waals surface area (Å²) in [5.41, 5.74) is 3.68. The van der Waals surface area contributed by atoms with E-state index >= 15 is 0 Å². The highest BCUT2D eigenvalue weighted by Crippen LogP contribution is 2.34. The van der Waals surface area contributed by atoms with E-state index in [4.69, 9.17) is 32.8 Å². The van der Waals surface area contributed by atoms with Gasteiger partial charge >= 0.3 is 0 Å². The van der Waals surface area contributed by atoms with Gasteiger partial charge in [0.2, 0.25) is 5.89 Å². The molecule has 0 fully saturated rings. The van der Waals surface area contributed by atoms with Gasteiger partial charge in [0, 0.05) is 11.1 Å². The fraction of sp³-hybridized carbons (Fsp3) is 0.250. The van der Waals surface area contributed by atoms with Crippen LogP contribution in [0.2, 0.25) is 0 Å². The third kappa shape index (κ3) is 7.36. The fourth-order valence-corrected chi connectivity index (χ4v) is 4.85. The number of benzene rings is 4. The number of ether oxygens (including phenoxy) is 6. The lowest BCUT2D eigenvalue weighted by Gasteiger charge is -2.15. The molecule has 0 bridgehead atoms. The number of methoxy groups -OCH3 is 4. The van der Waals surface area contributed by atoms with Crippen molar-refractivity contribution >= 4 is 0 Å². The van der Waals surface area contributed by atoms with Crippen molar-refractivity contribution in [1.29, 1.82) is 0 Å². The first-order valence-electron chi connectivity index (χ1n) is 14.6. The normalized spacial score (nSPS) is 12.2. The Kier molecular flexibility index (Phi) is 10.3. The SMILES string of the molecule is COc1ccc(C(O)COc2ccc(-c3nc(C)c(-c4ccc(OCC(O)c5ccc(OC)c(OC)c5)cc4)o3)cc2)cc1OC. The molecule has 0 aliphatic rings. The summed E-state index contributed by atoms with van der Waals surface area (Å²) < 4.78 is 39.0. The zero-order chi connectivity index (χ0) is 32.6. The quantitative estimate of drug-likeness (QED) is 0.140. The maximum absolute atomic E-state index is 10.6. The number of aromatic nitrogens is 1. The van der Waals surface area contributed by atoms with E-state index in [1.807, 2.05) is 43.3 Å². The number of aliphatic hydroxyl groups is 2. The van der Waals surface area contributed by atoms with Crippen molar-refractivity contribution in [2.24, 2.45) is 0 Å². The summed E-state index contributed by atoms with van der Waals surface area (Å²) in [7, 11) is 6.23. The van der Waals surface area contributed by atoms with Gasteiger partial charge in [-0.15, -0.1) is 0 Å². The molecule has 2 N–H and O–H groups in total. The first-order valence-corrected chi connectivity index (χ1v) is 14.6. The van der Waals surface area contributed by atoms with Gasteiger partial charge in [-0.2, -0.15) is 0 Å². The summed E-state index contributed by atoms with van der Waals surface area (Å²) in [5.74, 6) is 4.57. The number of nitrogens with zero attached hydrogens (tertiary/aromatic N) is 1. The standard InChI is InChI=1S/C36H37NO9/c1-22-35(23-6-12-27(13-7-23)44-20-29(38)25-10-16-31(40-2)33(18-25)42-4)46-36(37-22)24-8-14-28(15-9-24)45-21-30(39)26-11-17-32(41-3)34(19-26)43-5/h6-19,29-30,38-39H,20-21H2,1-5H3. The van der Waals surface area contributed by atoms with E-state index in [9.17, 15) is 10.2 Å². The highest BCUT2D eigenvalue weighted by Gasteiger charge is 2.16. The topological polar surface area (TPSA) is 122 Å². The molecule has 5 rings (SSSR count). The maximum atomic E-state index is 10.6. The number of rotatable bonds is 14. The molecule has 0 saturated heterocycles. The minimum atomic E-state index is -0.851. The van der Waals surface area contributed by atoms with Gasteiger partial charge in [0.05, 0.1) is 34.1 Å². The second kappa shape index (κ2) is 14.7. The van der Waals surface area contributed by atoms with Crippen molar-refractivity contribution in [2.45, 2.75) is 19.1 Å². The van der Waals surface area contributed by atoms with E-state index < -0.39 is 12.2 Å². The van der Waals surface area contributed by atoms with E-state index in [0.717, 1.165) is 16.8 Å². The van der Waals surface area contributed by atoms with Crippen LogP contribution in [0.1, 0.15) is 29.0 Å². The molecule has 0 saturated carbocycles. The number of hydrogen-bond acceptors (Lipinski definition) is 10. The van der Waals surface area contributed by atoms with Gasteiger partial charge in [0.15, 0.2) is 28.8 Å². The zero-order valence-corrected chi connectivity index (χ0v) is 26.4. The third-order valence-electron chi connectivity index (χ3n) is 7.41. The van der Waals surface area contributed by atoms with Crippen LogP contribution in [-0.2, 0) is 0 Å². The first-order chi connectivity index (χ1) is 22.3. The van der Waals surface area contributed by atoms with Crippen LogP contribution >= 0.6 is 0 Å². The van der Waals surface area contributed by atoms with Gasteiger partial charge in [0.25, 0.3) is 0 Å². The Morgan fingerprint density at radius 1 is 0.587 bits per heavy atom. The minimum Gasteiger partial charge on any atom is -0.493 e. The van der Waals surface area contributed by atoms with Gasteiger partial charge in [-0.25, -0.2) is 4.98 Å². The molecule has 2 atom stereocenters. The van der Waals surface area contributed by atoms with Crippen molar-refractivity contribution in [3.8, 4) is 57.3 Å². The number of oxazole rings is 1. The summed E-state index contributed by atoms with van der Waals surface area (Å²) in [6.07, 6.45) is -1.70. The van der Waals surface area contributed by atoms with Crippen molar-refractivity contribution in [3.05, 3.63) is 102 Å². The Labute approximate surface area is 267 Å². The predicted molar refractivity (Wildman–Crippen MR) is 172 cm³/mol. The van der Waals surface area contributed by atoms with Gasteiger partial charge in [0.1, 0.15) is 36.9 Å². The Bertz CT molecular complexity index is 1730. The Morgan fingerprint density at radius 3 is 1.46 bits per heavy atom. The highest BCUT2D eigenvalue weighted by atomic mass is 16.5. The molecule has 0 radical (unpaired) electrons. The Balaban J connectivity index is 1.18. The van der Waals surface area contributed by atoms with E-state index in [1.165, 1.54) is 0 Å². The van der Waals surface area contributed by atoms with Crippen molar-refractivity contribution in [2.75, 3.05) is 41.7 Å². The van der Waals surface area contributed by atoms with Crippen LogP contribution in [0, 0.1) is 6.92 Å². The third-order valence-corrected chi connectivity index (χ3v) is 7.41. The van der Waals surface area contributed by atoms with Crippen LogP contribution in [0.4, 0.5) is 0 Å². The molecule has 0 aliphatic carbocycles. The largest absolute Gasteiger partial charge is 0.493 e. The van der Waals surface area contributed by atoms with Crippen LogP contribution < -0.4 is 28.4 Å². The lowest BCUT2D eigenvalue weighted by Crippen LogP contribution is -2.10. The molecule has 10 heteroatoms. The Morgan fingerprint density at radius 2 is 1.02 bits per heavy atom. The highest BCUT2D eigenvalue weighted by molar-refractivity contribution is 5.65. The molecule has 0 aliphatic heterocycles. The van der Waals surface area contributed by atoms with E-state index in [1.54, 1.807) is 77.0 Å². The average Bonchev–Trinajstić information content (AvgIpc) is 3.50. The van der Waals surface area contributed by atoms with E-state index in [-0.39, 0.29) is 13.2 Å². The molecule has 240 valence electrons. The molecule has 0 amide bonds. The maximum Gasteiger partial charge on any atom is 0.226 e. The Hall–Kier alpha value is -5.19. The molecule has 0 spiro atoms. The predicted octanol–water partition coefficient (Wildman–Crippen LogP) is 6.58. The zero-order valence-electron chi connectivity index (χ0n) is 26.4. The van der Waals surface area contributed by atoms with Crippen molar-refractivity contribution < 1.29 is 43.1 Å². The molecule has 5 aromatic rings. The summed E-state index contributed by atoms with van der Waals surface area (Å²) in [6.45, 7) is 2.01. The molecular formula is C36H37NO9. The molecule has 2 unspecified atom stereocenters. The number of aryl methyl sites for hydroxylation is 1. The van der Waals surface area contributed by atoms with Crippen LogP contribution in [-0.4, -0.2) is 56.8 Å². The monoisotopic (exact) mass is 627 g/mol. The summed E-state index contributed by atoms with van der Waals surface area (Å²) in [4.78, 5) is 4.62.